The van der Waals surface area contributed by atoms with Crippen LogP contribution in [0.25, 0.3) is 11.2 Å². The predicted octanol–water partition coefficient (Wildman–Crippen LogP) is 2.85. The number of aromatic nitrogens is 4. The van der Waals surface area contributed by atoms with E-state index < -0.39 is 17.1 Å². The summed E-state index contributed by atoms with van der Waals surface area (Å²) in [6.07, 6.45) is 0. The summed E-state index contributed by atoms with van der Waals surface area (Å²) in [5, 5.41) is 0. The first-order valence-corrected chi connectivity index (χ1v) is 10.1. The normalized spacial score (nSPS) is 13.2. The van der Waals surface area contributed by atoms with Gasteiger partial charge in [-0.25, -0.2) is 9.18 Å². The molecule has 0 fully saturated rings. The van der Waals surface area contributed by atoms with E-state index >= 15 is 0 Å². The van der Waals surface area contributed by atoms with Crippen molar-refractivity contribution < 1.29 is 4.39 Å². The number of hydrogen-bond acceptors (Lipinski definition) is 4. The van der Waals surface area contributed by atoms with Gasteiger partial charge in [-0.1, -0.05) is 30.3 Å². The molecule has 0 atom stereocenters. The van der Waals surface area contributed by atoms with Crippen LogP contribution in [0, 0.1) is 19.7 Å². The number of imidazole rings is 1. The zero-order valence-corrected chi connectivity index (χ0v) is 17.6. The number of anilines is 2. The summed E-state index contributed by atoms with van der Waals surface area (Å²) in [7, 11) is 1.59. The molecule has 4 aromatic rings. The Morgan fingerprint density at radius 1 is 1.06 bits per heavy atom. The van der Waals surface area contributed by atoms with Crippen molar-refractivity contribution in [2.45, 2.75) is 26.9 Å². The Kier molecular flexibility index (Phi) is 4.32. The van der Waals surface area contributed by atoms with E-state index in [9.17, 15) is 14.0 Å². The number of aryl methyl sites for hydroxylation is 3. The highest BCUT2D eigenvalue weighted by Gasteiger charge is 2.29. The fourth-order valence-electron chi connectivity index (χ4n) is 4.25. The monoisotopic (exact) mass is 419 g/mol. The molecular formula is C23H22FN5O2. The van der Waals surface area contributed by atoms with E-state index in [1.165, 1.54) is 10.6 Å². The van der Waals surface area contributed by atoms with Gasteiger partial charge in [-0.05, 0) is 37.1 Å². The topological polar surface area (TPSA) is 65.1 Å². The summed E-state index contributed by atoms with van der Waals surface area (Å²) >= 11 is 0. The van der Waals surface area contributed by atoms with Gasteiger partial charge in [0.2, 0.25) is 5.95 Å². The number of nitrogens with zero attached hydrogens (tertiary/aromatic N) is 5. The minimum atomic E-state index is -0.518. The number of halogens is 1. The molecule has 1 aliphatic rings. The molecule has 0 amide bonds. The highest BCUT2D eigenvalue weighted by Crippen LogP contribution is 2.34. The van der Waals surface area contributed by atoms with E-state index in [0.717, 1.165) is 21.4 Å². The van der Waals surface area contributed by atoms with E-state index in [1.807, 2.05) is 18.4 Å². The van der Waals surface area contributed by atoms with Crippen LogP contribution in [-0.2, 0) is 20.1 Å². The van der Waals surface area contributed by atoms with Gasteiger partial charge >= 0.3 is 5.69 Å². The average Bonchev–Trinajstić information content (AvgIpc) is 3.32. The van der Waals surface area contributed by atoms with Gasteiger partial charge < -0.3 is 9.47 Å². The van der Waals surface area contributed by atoms with Crippen LogP contribution in [0.4, 0.5) is 16.0 Å². The maximum absolute atomic E-state index is 14.2. The van der Waals surface area contributed by atoms with Crippen LogP contribution in [-0.4, -0.2) is 25.2 Å². The van der Waals surface area contributed by atoms with E-state index in [-0.39, 0.29) is 6.54 Å². The fourth-order valence-corrected chi connectivity index (χ4v) is 4.25. The van der Waals surface area contributed by atoms with Crippen LogP contribution in [0.15, 0.2) is 52.1 Å². The molecule has 3 heterocycles. The molecule has 8 heteroatoms. The molecule has 0 radical (unpaired) electrons. The minimum Gasteiger partial charge on any atom is -0.310 e. The maximum atomic E-state index is 14.2. The van der Waals surface area contributed by atoms with Crippen LogP contribution in [0.2, 0.25) is 0 Å². The Balaban J connectivity index is 1.70. The first-order valence-electron chi connectivity index (χ1n) is 10.1. The Hall–Kier alpha value is -3.68. The molecule has 0 saturated carbocycles. The van der Waals surface area contributed by atoms with Crippen LogP contribution < -0.4 is 16.1 Å². The van der Waals surface area contributed by atoms with Crippen molar-refractivity contribution in [2.24, 2.45) is 7.05 Å². The summed E-state index contributed by atoms with van der Waals surface area (Å²) in [5.74, 6) is 0.190. The Bertz CT molecular complexity index is 1460. The second-order valence-electron chi connectivity index (χ2n) is 8.00. The van der Waals surface area contributed by atoms with Gasteiger partial charge in [0.05, 0.1) is 6.54 Å². The second kappa shape index (κ2) is 6.94. The highest BCUT2D eigenvalue weighted by atomic mass is 19.1. The van der Waals surface area contributed by atoms with Crippen molar-refractivity contribution in [3.63, 3.8) is 0 Å². The zero-order chi connectivity index (χ0) is 21.9. The van der Waals surface area contributed by atoms with Gasteiger partial charge in [-0.3, -0.25) is 13.9 Å². The summed E-state index contributed by atoms with van der Waals surface area (Å²) in [4.78, 5) is 33.0. The minimum absolute atomic E-state index is 0.130. The molecule has 31 heavy (non-hydrogen) atoms. The first-order chi connectivity index (χ1) is 14.9. The second-order valence-corrected chi connectivity index (χ2v) is 8.00. The molecule has 0 aliphatic carbocycles. The number of fused-ring (bicyclic) bond motifs is 3. The van der Waals surface area contributed by atoms with Crippen molar-refractivity contribution in [3.05, 3.63) is 85.8 Å². The van der Waals surface area contributed by atoms with Crippen molar-refractivity contribution in [2.75, 3.05) is 11.4 Å². The number of rotatable bonds is 3. The number of benzene rings is 2. The van der Waals surface area contributed by atoms with Crippen molar-refractivity contribution >= 4 is 22.8 Å². The Labute approximate surface area is 177 Å². The molecule has 0 N–H and O–H groups in total. The predicted molar refractivity (Wildman–Crippen MR) is 118 cm³/mol. The van der Waals surface area contributed by atoms with Gasteiger partial charge in [-0.15, -0.1) is 0 Å². The van der Waals surface area contributed by atoms with E-state index in [2.05, 4.69) is 28.1 Å². The molecule has 1 aliphatic heterocycles. The van der Waals surface area contributed by atoms with Gasteiger partial charge in [-0.2, -0.15) is 4.98 Å². The lowest BCUT2D eigenvalue weighted by atomic mass is 10.1. The van der Waals surface area contributed by atoms with Gasteiger partial charge in [0, 0.05) is 31.4 Å². The summed E-state index contributed by atoms with van der Waals surface area (Å²) in [5.41, 5.74) is 3.29. The van der Waals surface area contributed by atoms with Crippen molar-refractivity contribution in [3.8, 4) is 0 Å². The van der Waals surface area contributed by atoms with Crippen molar-refractivity contribution in [1.29, 1.82) is 0 Å². The average molecular weight is 419 g/mol. The lowest BCUT2D eigenvalue weighted by Crippen LogP contribution is -2.40. The molecule has 2 aromatic heterocycles. The Morgan fingerprint density at radius 3 is 2.61 bits per heavy atom. The summed E-state index contributed by atoms with van der Waals surface area (Å²) in [6.45, 7) is 5.20. The van der Waals surface area contributed by atoms with E-state index in [0.29, 0.717) is 35.8 Å². The first kappa shape index (κ1) is 19.3. The number of hydrogen-bond donors (Lipinski definition) is 0. The Morgan fingerprint density at radius 2 is 1.84 bits per heavy atom. The van der Waals surface area contributed by atoms with E-state index in [4.69, 9.17) is 0 Å². The standard InChI is InChI=1S/C23H22FN5O2/c1-14-8-9-15(2)18(12-14)27-10-11-28-19-20(25-22(27)28)26(3)23(31)29(21(19)30)13-16-6-4-5-7-17(16)24/h4-9,12H,10-11,13H2,1-3H3. The lowest BCUT2D eigenvalue weighted by Gasteiger charge is -2.19. The third kappa shape index (κ3) is 2.90. The molecule has 0 saturated heterocycles. The maximum Gasteiger partial charge on any atom is 0.332 e. The van der Waals surface area contributed by atoms with Gasteiger partial charge in [0.15, 0.2) is 11.2 Å². The van der Waals surface area contributed by atoms with Crippen LogP contribution >= 0.6 is 0 Å². The van der Waals surface area contributed by atoms with Gasteiger partial charge in [0.1, 0.15) is 5.82 Å². The summed E-state index contributed by atoms with van der Waals surface area (Å²) < 4.78 is 18.5. The van der Waals surface area contributed by atoms with Crippen molar-refractivity contribution in [1.82, 2.24) is 18.7 Å². The largest absolute Gasteiger partial charge is 0.332 e. The smallest absolute Gasteiger partial charge is 0.310 e. The molecule has 0 unspecified atom stereocenters. The van der Waals surface area contributed by atoms with Gasteiger partial charge in [0.25, 0.3) is 5.56 Å². The lowest BCUT2D eigenvalue weighted by molar-refractivity contribution is 0.582. The third-order valence-electron chi connectivity index (χ3n) is 5.94. The molecule has 158 valence electrons. The third-order valence-corrected chi connectivity index (χ3v) is 5.94. The summed E-state index contributed by atoms with van der Waals surface area (Å²) in [6, 6.07) is 12.4. The van der Waals surface area contributed by atoms with Crippen LogP contribution in [0.3, 0.4) is 0 Å². The molecule has 2 aromatic carbocycles. The van der Waals surface area contributed by atoms with Crippen LogP contribution in [0.5, 0.6) is 0 Å². The van der Waals surface area contributed by atoms with Crippen LogP contribution in [0.1, 0.15) is 16.7 Å². The highest BCUT2D eigenvalue weighted by molar-refractivity contribution is 5.78. The quantitative estimate of drug-likeness (QED) is 0.512. The molecule has 0 spiro atoms. The molecule has 5 rings (SSSR count). The fraction of sp³-hybridized carbons (Fsp3) is 0.261. The molecule has 7 nitrogen and oxygen atoms in total. The SMILES string of the molecule is Cc1ccc(C)c(N2CCn3c2nc2c3c(=O)n(Cc3ccccc3F)c(=O)n2C)c1. The molecule has 0 bridgehead atoms. The zero-order valence-electron chi connectivity index (χ0n) is 17.6. The molecular weight excluding hydrogens is 397 g/mol. The van der Waals surface area contributed by atoms with E-state index in [1.54, 1.807) is 25.2 Å².